The van der Waals surface area contributed by atoms with Crippen LogP contribution in [0.5, 0.6) is 0 Å². The molecule has 0 bridgehead atoms. The molecule has 9 aromatic rings. The van der Waals surface area contributed by atoms with E-state index in [4.69, 9.17) is 13.3 Å². The zero-order valence-electron chi connectivity index (χ0n) is 24.8. The van der Waals surface area contributed by atoms with Gasteiger partial charge in [-0.25, -0.2) is 0 Å². The van der Waals surface area contributed by atoms with E-state index >= 15 is 0 Å². The van der Waals surface area contributed by atoms with Gasteiger partial charge in [0.1, 0.15) is 34.0 Å². The van der Waals surface area contributed by atoms with Crippen molar-refractivity contribution in [3.8, 4) is 34.0 Å². The second-order valence-electron chi connectivity index (χ2n) is 11.4. The van der Waals surface area contributed by atoms with E-state index in [9.17, 15) is 0 Å². The van der Waals surface area contributed by atoms with Crippen LogP contribution in [0.3, 0.4) is 0 Å². The molecule has 0 aliphatic carbocycles. The fraction of sp³-hybridized carbons (Fsp3) is 0. The third kappa shape index (κ3) is 4.83. The molecule has 3 nitrogen and oxygen atoms in total. The highest BCUT2D eigenvalue weighted by molar-refractivity contribution is 7.79. The topological polar surface area (TPSA) is 39.4 Å². The van der Waals surface area contributed by atoms with Crippen molar-refractivity contribution in [1.82, 2.24) is 0 Å². The van der Waals surface area contributed by atoms with Crippen LogP contribution in [0.25, 0.3) is 66.9 Å². The highest BCUT2D eigenvalue weighted by Gasteiger charge is 2.19. The molecule has 0 atom stereocenters. The van der Waals surface area contributed by atoms with Gasteiger partial charge in [-0.15, -0.1) is 0 Å². The van der Waals surface area contributed by atoms with E-state index in [0.29, 0.717) is 0 Å². The normalized spacial score (nSPS) is 11.7. The second-order valence-corrected chi connectivity index (χ2v) is 13.6. The quantitative estimate of drug-likeness (QED) is 0.176. The number of hydrogen-bond acceptors (Lipinski definition) is 3. The smallest absolute Gasteiger partial charge is 0.135 e. The van der Waals surface area contributed by atoms with Crippen molar-refractivity contribution < 1.29 is 13.3 Å². The standard InChI is InChI=1S/C42H27O3P/c1-4-10-37-31(7-1)25-40(43-37)28-13-19-34(20-14-28)46(35-21-15-29(16-22-35)41-26-32-8-2-5-11-38(32)44-41)36-23-17-30(18-24-36)42-27-33-9-3-6-12-39(33)45-42/h1-27H. The Morgan fingerprint density at radius 1 is 0.304 bits per heavy atom. The van der Waals surface area contributed by atoms with E-state index in [1.54, 1.807) is 0 Å². The molecule has 0 fully saturated rings. The van der Waals surface area contributed by atoms with Gasteiger partial charge in [0.25, 0.3) is 0 Å². The molecule has 6 aromatic carbocycles. The maximum Gasteiger partial charge on any atom is 0.135 e. The van der Waals surface area contributed by atoms with E-state index in [-0.39, 0.29) is 0 Å². The Morgan fingerprint density at radius 2 is 0.587 bits per heavy atom. The van der Waals surface area contributed by atoms with Gasteiger partial charge in [0.15, 0.2) is 0 Å². The lowest BCUT2D eigenvalue weighted by molar-refractivity contribution is 0.631. The average molecular weight is 611 g/mol. The van der Waals surface area contributed by atoms with E-state index in [2.05, 4.69) is 109 Å². The number of hydrogen-bond donors (Lipinski definition) is 0. The molecule has 4 heteroatoms. The van der Waals surface area contributed by atoms with Crippen LogP contribution in [0.1, 0.15) is 0 Å². The lowest BCUT2D eigenvalue weighted by Gasteiger charge is -2.20. The highest BCUT2D eigenvalue weighted by atomic mass is 31.1. The number of benzene rings is 6. The molecule has 0 spiro atoms. The molecule has 46 heavy (non-hydrogen) atoms. The molecule has 0 aliphatic heterocycles. The van der Waals surface area contributed by atoms with Crippen molar-refractivity contribution in [2.45, 2.75) is 0 Å². The Balaban J connectivity index is 1.09. The number of rotatable bonds is 6. The third-order valence-corrected chi connectivity index (χ3v) is 11.0. The molecule has 3 heterocycles. The van der Waals surface area contributed by atoms with Gasteiger partial charge in [0.05, 0.1) is 0 Å². The van der Waals surface area contributed by atoms with E-state index < -0.39 is 7.92 Å². The maximum atomic E-state index is 6.17. The molecule has 218 valence electrons. The Morgan fingerprint density at radius 3 is 0.870 bits per heavy atom. The molecule has 0 unspecified atom stereocenters. The van der Waals surface area contributed by atoms with Gasteiger partial charge < -0.3 is 13.3 Å². The van der Waals surface area contributed by atoms with Crippen molar-refractivity contribution in [2.24, 2.45) is 0 Å². The summed E-state index contributed by atoms with van der Waals surface area (Å²) in [6.45, 7) is 0. The Labute approximate surface area is 267 Å². The molecule has 0 N–H and O–H groups in total. The van der Waals surface area contributed by atoms with Crippen LogP contribution < -0.4 is 15.9 Å². The van der Waals surface area contributed by atoms with Gasteiger partial charge >= 0.3 is 0 Å². The summed E-state index contributed by atoms with van der Waals surface area (Å²) in [4.78, 5) is 0. The molecule has 0 amide bonds. The van der Waals surface area contributed by atoms with Gasteiger partial charge in [-0.1, -0.05) is 127 Å². The predicted octanol–water partition coefficient (Wildman–Crippen LogP) is 10.7. The molecular formula is C42H27O3P. The van der Waals surface area contributed by atoms with E-state index in [1.807, 2.05) is 54.6 Å². The van der Waals surface area contributed by atoms with Gasteiger partial charge in [-0.2, -0.15) is 0 Å². The summed E-state index contributed by atoms with van der Waals surface area (Å²) in [7, 11) is -0.840. The first kappa shape index (κ1) is 26.7. The van der Waals surface area contributed by atoms with Gasteiger partial charge in [0, 0.05) is 32.8 Å². The van der Waals surface area contributed by atoms with Gasteiger partial charge in [-0.05, 0) is 60.2 Å². The number of fused-ring (bicyclic) bond motifs is 3. The SMILES string of the molecule is c1ccc2oc(-c3ccc(P(c4ccc(-c5cc6ccccc6o5)cc4)c4ccc(-c5cc6ccccc6o5)cc4)cc3)cc2c1. The lowest BCUT2D eigenvalue weighted by atomic mass is 10.1. The van der Waals surface area contributed by atoms with Crippen LogP contribution in [0.2, 0.25) is 0 Å². The average Bonchev–Trinajstić information content (AvgIpc) is 3.86. The number of para-hydroxylation sites is 3. The molecule has 0 aliphatic rings. The third-order valence-electron chi connectivity index (χ3n) is 8.51. The predicted molar refractivity (Wildman–Crippen MR) is 191 cm³/mol. The minimum atomic E-state index is -0.840. The second kappa shape index (κ2) is 11.1. The summed E-state index contributed by atoms with van der Waals surface area (Å²) in [5, 5.41) is 7.13. The van der Waals surface area contributed by atoms with Crippen LogP contribution in [0.15, 0.2) is 177 Å². The Kier molecular flexibility index (Phi) is 6.43. The molecule has 9 rings (SSSR count). The first-order valence-corrected chi connectivity index (χ1v) is 16.7. The fourth-order valence-corrected chi connectivity index (χ4v) is 8.38. The molecule has 3 aromatic heterocycles. The zero-order valence-corrected chi connectivity index (χ0v) is 25.7. The monoisotopic (exact) mass is 610 g/mol. The highest BCUT2D eigenvalue weighted by Crippen LogP contribution is 2.37. The number of furan rings is 3. The van der Waals surface area contributed by atoms with Crippen molar-refractivity contribution in [3.63, 3.8) is 0 Å². The molecule has 0 saturated heterocycles. The summed E-state index contributed by atoms with van der Waals surface area (Å²) in [5.41, 5.74) is 5.90. The zero-order chi connectivity index (χ0) is 30.5. The first-order valence-electron chi connectivity index (χ1n) is 15.3. The first-order chi connectivity index (χ1) is 22.7. The van der Waals surface area contributed by atoms with E-state index in [0.717, 1.165) is 66.9 Å². The van der Waals surface area contributed by atoms with Gasteiger partial charge in [-0.3, -0.25) is 0 Å². The van der Waals surface area contributed by atoms with Crippen LogP contribution >= 0.6 is 7.92 Å². The van der Waals surface area contributed by atoms with Crippen LogP contribution in [-0.4, -0.2) is 0 Å². The summed E-state index contributed by atoms with van der Waals surface area (Å²) in [5.74, 6) is 2.63. The Hall–Kier alpha value is -5.63. The van der Waals surface area contributed by atoms with Crippen LogP contribution in [-0.2, 0) is 0 Å². The lowest BCUT2D eigenvalue weighted by Crippen LogP contribution is -2.20. The van der Waals surface area contributed by atoms with Crippen molar-refractivity contribution in [3.05, 3.63) is 164 Å². The van der Waals surface area contributed by atoms with Crippen molar-refractivity contribution in [1.29, 1.82) is 0 Å². The summed E-state index contributed by atoms with van der Waals surface area (Å²) >= 11 is 0. The Bertz CT molecular complexity index is 2080. The summed E-state index contributed by atoms with van der Waals surface area (Å²) in [6, 6.07) is 57.3. The van der Waals surface area contributed by atoms with Crippen molar-refractivity contribution >= 4 is 56.7 Å². The van der Waals surface area contributed by atoms with Crippen LogP contribution in [0, 0.1) is 0 Å². The summed E-state index contributed by atoms with van der Waals surface area (Å²) < 4.78 is 18.5. The minimum absolute atomic E-state index is 0.840. The fourth-order valence-electron chi connectivity index (χ4n) is 6.14. The molecule has 0 saturated carbocycles. The molecular weight excluding hydrogens is 583 g/mol. The maximum absolute atomic E-state index is 6.17. The largest absolute Gasteiger partial charge is 0.456 e. The molecule has 0 radical (unpaired) electrons. The summed E-state index contributed by atoms with van der Waals surface area (Å²) in [6.07, 6.45) is 0. The van der Waals surface area contributed by atoms with E-state index in [1.165, 1.54) is 15.9 Å². The minimum Gasteiger partial charge on any atom is -0.456 e. The van der Waals surface area contributed by atoms with Crippen molar-refractivity contribution in [2.75, 3.05) is 0 Å². The van der Waals surface area contributed by atoms with Gasteiger partial charge in [0.2, 0.25) is 0 Å². The van der Waals surface area contributed by atoms with Crippen LogP contribution in [0.4, 0.5) is 0 Å².